The molecule has 0 unspecified atom stereocenters. The number of carboxylic acid groups (broad SMARTS) is 1. The fourth-order valence-corrected chi connectivity index (χ4v) is 3.37. The second-order valence-electron chi connectivity index (χ2n) is 5.61. The molecule has 0 bridgehead atoms. The minimum Gasteiger partial charge on any atom is -0.478 e. The zero-order valence-corrected chi connectivity index (χ0v) is 16.6. The molecule has 0 atom stereocenters. The maximum Gasteiger partial charge on any atom is 0.338 e. The second-order valence-corrected chi connectivity index (χ2v) is 7.26. The second kappa shape index (κ2) is 7.91. The number of benzene rings is 2. The smallest absolute Gasteiger partial charge is 0.338 e. The molecule has 0 aliphatic rings. The van der Waals surface area contributed by atoms with E-state index >= 15 is 0 Å². The Morgan fingerprint density at radius 1 is 1.00 bits per heavy atom. The third-order valence-corrected chi connectivity index (χ3v) is 5.66. The lowest BCUT2D eigenvalue weighted by Gasteiger charge is -2.15. The molecule has 0 radical (unpaired) electrons. The molecule has 2 aromatic rings. The zero-order chi connectivity index (χ0) is 18.9. The highest BCUT2D eigenvalue weighted by Gasteiger charge is 2.27. The van der Waals surface area contributed by atoms with Gasteiger partial charge in [-0.3, -0.25) is 4.79 Å². The fraction of sp³-hybridized carbons (Fsp3) is 0.176. The molecule has 2 N–H and O–H groups in total. The number of rotatable bonds is 4. The molecule has 8 heteroatoms. The van der Waals surface area contributed by atoms with Gasteiger partial charge < -0.3 is 10.4 Å². The molecule has 0 spiro atoms. The maximum atomic E-state index is 12.6. The first-order valence-electron chi connectivity index (χ1n) is 7.22. The molecule has 132 valence electrons. The Bertz CT molecular complexity index is 852. The lowest BCUT2D eigenvalue weighted by Crippen LogP contribution is -2.18. The van der Waals surface area contributed by atoms with E-state index in [9.17, 15) is 14.7 Å². The third-order valence-electron chi connectivity index (χ3n) is 3.61. The topological polar surface area (TPSA) is 66.4 Å². The Labute approximate surface area is 166 Å². The van der Waals surface area contributed by atoms with Gasteiger partial charge in [-0.1, -0.05) is 49.2 Å². The van der Waals surface area contributed by atoms with Gasteiger partial charge in [0.15, 0.2) is 0 Å². The van der Waals surface area contributed by atoms with E-state index in [-0.39, 0.29) is 25.4 Å². The van der Waals surface area contributed by atoms with Crippen LogP contribution >= 0.6 is 48.5 Å². The summed E-state index contributed by atoms with van der Waals surface area (Å²) in [6.07, 6.45) is 0. The van der Waals surface area contributed by atoms with Gasteiger partial charge >= 0.3 is 5.97 Å². The van der Waals surface area contributed by atoms with Gasteiger partial charge in [-0.05, 0) is 23.6 Å². The van der Waals surface area contributed by atoms with Crippen molar-refractivity contribution in [2.24, 2.45) is 0 Å². The summed E-state index contributed by atoms with van der Waals surface area (Å²) in [7, 11) is 0. The molecule has 25 heavy (non-hydrogen) atoms. The number of hydrogen-bond donors (Lipinski definition) is 4. The maximum absolute atomic E-state index is 12.6. The van der Waals surface area contributed by atoms with Gasteiger partial charge in [-0.25, -0.2) is 4.79 Å². The Morgan fingerprint density at radius 2 is 1.56 bits per heavy atom. The van der Waals surface area contributed by atoms with Crippen LogP contribution in [0.25, 0.3) is 0 Å². The predicted molar refractivity (Wildman–Crippen MR) is 106 cm³/mol. The number of hydrogen-bond acceptors (Lipinski definition) is 4. The van der Waals surface area contributed by atoms with Crippen molar-refractivity contribution < 1.29 is 14.7 Å². The minimum absolute atomic E-state index is 0.0476. The van der Waals surface area contributed by atoms with E-state index in [0.717, 1.165) is 5.56 Å². The SMILES string of the molecule is CC(C)c1ccc(NC(=O)c2c(S)c(S)c(Cl)c(Cl)c2C(=O)O)cc1. The van der Waals surface area contributed by atoms with Crippen molar-refractivity contribution in [3.63, 3.8) is 0 Å². The summed E-state index contributed by atoms with van der Waals surface area (Å²) in [6.45, 7) is 4.12. The summed E-state index contributed by atoms with van der Waals surface area (Å²) in [5.74, 6) is -1.68. The molecule has 0 fully saturated rings. The molecule has 1 amide bonds. The highest BCUT2D eigenvalue weighted by Crippen LogP contribution is 2.40. The van der Waals surface area contributed by atoms with Crippen LogP contribution in [0.2, 0.25) is 10.0 Å². The molecule has 2 rings (SSSR count). The van der Waals surface area contributed by atoms with Crippen LogP contribution in [0.1, 0.15) is 46.0 Å². The summed E-state index contributed by atoms with van der Waals surface area (Å²) >= 11 is 20.3. The predicted octanol–water partition coefficient (Wildman–Crippen LogP) is 5.64. The average molecular weight is 416 g/mol. The highest BCUT2D eigenvalue weighted by molar-refractivity contribution is 7.83. The molecule has 0 aromatic heterocycles. The summed E-state index contributed by atoms with van der Waals surface area (Å²) in [5.41, 5.74) is 1.03. The van der Waals surface area contributed by atoms with Crippen LogP contribution in [0.5, 0.6) is 0 Å². The molecule has 0 aliphatic carbocycles. The molecular formula is C17H15Cl2NO3S2. The Kier molecular flexibility index (Phi) is 6.32. The van der Waals surface area contributed by atoms with E-state index in [2.05, 4.69) is 44.4 Å². The minimum atomic E-state index is -1.38. The van der Waals surface area contributed by atoms with E-state index in [0.29, 0.717) is 11.6 Å². The van der Waals surface area contributed by atoms with Gasteiger partial charge in [-0.15, -0.1) is 25.3 Å². The van der Waals surface area contributed by atoms with Gasteiger partial charge in [0.25, 0.3) is 5.91 Å². The Morgan fingerprint density at radius 3 is 2.04 bits per heavy atom. The van der Waals surface area contributed by atoms with E-state index < -0.39 is 17.4 Å². The van der Waals surface area contributed by atoms with Gasteiger partial charge in [0, 0.05) is 15.5 Å². The van der Waals surface area contributed by atoms with Gasteiger partial charge in [-0.2, -0.15) is 0 Å². The quantitative estimate of drug-likeness (QED) is 0.488. The number of thiol groups is 2. The van der Waals surface area contributed by atoms with E-state index in [1.807, 2.05) is 12.1 Å². The van der Waals surface area contributed by atoms with Crippen molar-refractivity contribution in [3.05, 3.63) is 51.0 Å². The molecule has 0 saturated carbocycles. The number of nitrogens with one attached hydrogen (secondary N) is 1. The van der Waals surface area contributed by atoms with Gasteiger partial charge in [0.05, 0.1) is 21.2 Å². The van der Waals surface area contributed by atoms with Gasteiger partial charge in [0.1, 0.15) is 0 Å². The Hall–Kier alpha value is -1.34. The number of amides is 1. The van der Waals surface area contributed by atoms with Crippen molar-refractivity contribution in [1.82, 2.24) is 0 Å². The van der Waals surface area contributed by atoms with E-state index in [1.54, 1.807) is 12.1 Å². The van der Waals surface area contributed by atoms with Gasteiger partial charge in [0.2, 0.25) is 0 Å². The number of carbonyl (C=O) groups is 2. The highest BCUT2D eigenvalue weighted by atomic mass is 35.5. The summed E-state index contributed by atoms with van der Waals surface area (Å²) in [4.78, 5) is 24.4. The number of carbonyl (C=O) groups excluding carboxylic acids is 1. The van der Waals surface area contributed by atoms with Crippen molar-refractivity contribution in [2.75, 3.05) is 5.32 Å². The lowest BCUT2D eigenvalue weighted by atomic mass is 10.0. The van der Waals surface area contributed by atoms with Crippen molar-refractivity contribution in [1.29, 1.82) is 0 Å². The van der Waals surface area contributed by atoms with Crippen LogP contribution in [0, 0.1) is 0 Å². The molecular weight excluding hydrogens is 401 g/mol. The van der Waals surface area contributed by atoms with Crippen LogP contribution in [0.4, 0.5) is 5.69 Å². The normalized spacial score (nSPS) is 10.8. The Balaban J connectivity index is 2.47. The number of carboxylic acids is 1. The van der Waals surface area contributed by atoms with Crippen LogP contribution in [0.15, 0.2) is 34.1 Å². The number of halogens is 2. The van der Waals surface area contributed by atoms with Crippen LogP contribution in [-0.4, -0.2) is 17.0 Å². The standard InChI is InChI=1S/C17H15Cl2NO3S2/c1-7(2)8-3-5-9(6-4-8)20-16(21)11-10(17(22)23)12(18)13(19)15(25)14(11)24/h3-7,24-25H,1-2H3,(H,20,21)(H,22,23). The molecule has 0 heterocycles. The average Bonchev–Trinajstić information content (AvgIpc) is 2.55. The largest absolute Gasteiger partial charge is 0.478 e. The number of aromatic carboxylic acids is 1. The molecule has 2 aromatic carbocycles. The zero-order valence-electron chi connectivity index (χ0n) is 13.3. The summed E-state index contributed by atoms with van der Waals surface area (Å²) in [6, 6.07) is 7.26. The molecule has 0 aliphatic heterocycles. The number of anilines is 1. The molecule has 4 nitrogen and oxygen atoms in total. The third kappa shape index (κ3) is 4.08. The van der Waals surface area contributed by atoms with E-state index in [4.69, 9.17) is 23.2 Å². The first-order valence-corrected chi connectivity index (χ1v) is 8.87. The lowest BCUT2D eigenvalue weighted by molar-refractivity contribution is 0.0692. The van der Waals surface area contributed by atoms with Crippen LogP contribution < -0.4 is 5.32 Å². The summed E-state index contributed by atoms with van der Waals surface area (Å²) < 4.78 is 0. The van der Waals surface area contributed by atoms with Crippen molar-refractivity contribution >= 4 is 66.0 Å². The first-order chi connectivity index (χ1) is 11.6. The summed E-state index contributed by atoms with van der Waals surface area (Å²) in [5, 5.41) is 11.7. The molecule has 0 saturated heterocycles. The monoisotopic (exact) mass is 415 g/mol. The van der Waals surface area contributed by atoms with Crippen LogP contribution in [0.3, 0.4) is 0 Å². The first kappa shape index (κ1) is 20.0. The van der Waals surface area contributed by atoms with Crippen LogP contribution in [-0.2, 0) is 0 Å². The van der Waals surface area contributed by atoms with Crippen molar-refractivity contribution in [3.8, 4) is 0 Å². The van der Waals surface area contributed by atoms with Crippen molar-refractivity contribution in [2.45, 2.75) is 29.6 Å². The van der Waals surface area contributed by atoms with E-state index in [1.165, 1.54) is 0 Å². The fourth-order valence-electron chi connectivity index (χ4n) is 2.23.